The van der Waals surface area contributed by atoms with Crippen molar-refractivity contribution in [3.05, 3.63) is 28.2 Å². The first-order chi connectivity index (χ1) is 7.89. The highest BCUT2D eigenvalue weighted by Gasteiger charge is 2.32. The number of hydrogen-bond donors (Lipinski definition) is 2. The Morgan fingerprint density at radius 1 is 1.59 bits per heavy atom. The molecule has 1 aromatic carbocycles. The SMILES string of the molecule is CC1(O)CCN(c2cc(Br)ccc2C(N)=S)C1. The predicted octanol–water partition coefficient (Wildman–Crippen LogP) is 2.04. The van der Waals surface area contributed by atoms with E-state index in [4.69, 9.17) is 18.0 Å². The first-order valence-electron chi connectivity index (χ1n) is 5.46. The lowest BCUT2D eigenvalue weighted by Crippen LogP contribution is -2.30. The highest BCUT2D eigenvalue weighted by Crippen LogP contribution is 2.31. The molecule has 0 bridgehead atoms. The molecule has 2 rings (SSSR count). The van der Waals surface area contributed by atoms with Crippen LogP contribution in [0.15, 0.2) is 22.7 Å². The molecule has 5 heteroatoms. The van der Waals surface area contributed by atoms with Gasteiger partial charge in [0.2, 0.25) is 0 Å². The molecule has 3 N–H and O–H groups in total. The average Bonchev–Trinajstić information content (AvgIpc) is 2.58. The number of nitrogens with zero attached hydrogens (tertiary/aromatic N) is 1. The van der Waals surface area contributed by atoms with Gasteiger partial charge in [0.15, 0.2) is 0 Å². The molecule has 1 aromatic rings. The van der Waals surface area contributed by atoms with E-state index in [0.717, 1.165) is 28.7 Å². The van der Waals surface area contributed by atoms with E-state index in [9.17, 15) is 5.11 Å². The van der Waals surface area contributed by atoms with E-state index >= 15 is 0 Å². The molecule has 0 aliphatic carbocycles. The molecule has 0 amide bonds. The van der Waals surface area contributed by atoms with Crippen LogP contribution in [-0.2, 0) is 0 Å². The molecule has 1 aliphatic rings. The normalized spacial score (nSPS) is 24.1. The van der Waals surface area contributed by atoms with E-state index in [2.05, 4.69) is 20.8 Å². The first-order valence-corrected chi connectivity index (χ1v) is 6.66. The summed E-state index contributed by atoms with van der Waals surface area (Å²) in [4.78, 5) is 2.51. The third-order valence-corrected chi connectivity index (χ3v) is 3.73. The molecule has 0 spiro atoms. The molecule has 0 radical (unpaired) electrons. The maximum absolute atomic E-state index is 10.0. The Hall–Kier alpha value is -0.650. The summed E-state index contributed by atoms with van der Waals surface area (Å²) in [6.07, 6.45) is 0.760. The Morgan fingerprint density at radius 3 is 2.82 bits per heavy atom. The summed E-state index contributed by atoms with van der Waals surface area (Å²) < 4.78 is 0.985. The van der Waals surface area contributed by atoms with Crippen LogP contribution in [0.25, 0.3) is 0 Å². The van der Waals surface area contributed by atoms with Gasteiger partial charge in [-0.25, -0.2) is 0 Å². The molecule has 1 saturated heterocycles. The van der Waals surface area contributed by atoms with Gasteiger partial charge in [-0.1, -0.05) is 28.1 Å². The molecule has 1 fully saturated rings. The number of halogens is 1. The highest BCUT2D eigenvalue weighted by molar-refractivity contribution is 9.10. The largest absolute Gasteiger partial charge is 0.389 e. The van der Waals surface area contributed by atoms with Crippen LogP contribution in [0, 0.1) is 0 Å². The van der Waals surface area contributed by atoms with E-state index in [1.807, 2.05) is 25.1 Å². The molecular formula is C12H15BrN2OS. The summed E-state index contributed by atoms with van der Waals surface area (Å²) in [5, 5.41) is 10.0. The van der Waals surface area contributed by atoms with Gasteiger partial charge >= 0.3 is 0 Å². The van der Waals surface area contributed by atoms with Crippen molar-refractivity contribution in [2.75, 3.05) is 18.0 Å². The fourth-order valence-corrected chi connectivity index (χ4v) is 2.65. The topological polar surface area (TPSA) is 49.5 Å². The van der Waals surface area contributed by atoms with Gasteiger partial charge in [-0.2, -0.15) is 0 Å². The average molecular weight is 315 g/mol. The van der Waals surface area contributed by atoms with Crippen LogP contribution in [0.1, 0.15) is 18.9 Å². The lowest BCUT2D eigenvalue weighted by molar-refractivity contribution is 0.0839. The molecular weight excluding hydrogens is 300 g/mol. The Kier molecular flexibility index (Phi) is 3.43. The summed E-state index contributed by atoms with van der Waals surface area (Å²) >= 11 is 8.51. The van der Waals surface area contributed by atoms with Crippen molar-refractivity contribution in [1.29, 1.82) is 0 Å². The number of β-amino-alcohol motifs (C(OH)–C–C–N with tert-alkyl or cyclic N) is 1. The Balaban J connectivity index is 2.38. The summed E-state index contributed by atoms with van der Waals surface area (Å²) in [6, 6.07) is 5.83. The minimum absolute atomic E-state index is 0.388. The standard InChI is InChI=1S/C12H15BrN2OS/c1-12(16)4-5-15(7-12)10-6-8(13)2-3-9(10)11(14)17/h2-3,6,16H,4-5,7H2,1H3,(H2,14,17). The van der Waals surface area contributed by atoms with Crippen molar-refractivity contribution < 1.29 is 5.11 Å². The van der Waals surface area contributed by atoms with Crippen molar-refractivity contribution in [3.63, 3.8) is 0 Å². The third-order valence-electron chi connectivity index (χ3n) is 3.02. The molecule has 1 aliphatic heterocycles. The predicted molar refractivity (Wildman–Crippen MR) is 77.5 cm³/mol. The molecule has 1 heterocycles. The van der Waals surface area contributed by atoms with Crippen LogP contribution in [0.5, 0.6) is 0 Å². The van der Waals surface area contributed by atoms with Gasteiger partial charge < -0.3 is 15.7 Å². The Labute approximate surface area is 115 Å². The number of anilines is 1. The van der Waals surface area contributed by atoms with Gasteiger partial charge in [0.25, 0.3) is 0 Å². The van der Waals surface area contributed by atoms with Gasteiger partial charge in [0.05, 0.1) is 5.60 Å². The van der Waals surface area contributed by atoms with Gasteiger partial charge in [0, 0.05) is 28.8 Å². The van der Waals surface area contributed by atoms with E-state index in [1.54, 1.807) is 0 Å². The van der Waals surface area contributed by atoms with Crippen LogP contribution in [0.2, 0.25) is 0 Å². The smallest absolute Gasteiger partial charge is 0.106 e. The fourth-order valence-electron chi connectivity index (χ4n) is 2.13. The van der Waals surface area contributed by atoms with Crippen LogP contribution >= 0.6 is 28.1 Å². The first kappa shape index (κ1) is 12.8. The van der Waals surface area contributed by atoms with Crippen LogP contribution in [0.4, 0.5) is 5.69 Å². The van der Waals surface area contributed by atoms with E-state index in [0.29, 0.717) is 11.5 Å². The maximum atomic E-state index is 10.0. The zero-order chi connectivity index (χ0) is 12.6. The second-order valence-corrected chi connectivity index (χ2v) is 6.05. The quantitative estimate of drug-likeness (QED) is 0.820. The van der Waals surface area contributed by atoms with Crippen molar-refractivity contribution in [2.24, 2.45) is 5.73 Å². The molecule has 1 unspecified atom stereocenters. The molecule has 17 heavy (non-hydrogen) atoms. The second-order valence-electron chi connectivity index (χ2n) is 4.69. The summed E-state index contributed by atoms with van der Waals surface area (Å²) in [5.74, 6) is 0. The maximum Gasteiger partial charge on any atom is 0.106 e. The minimum atomic E-state index is -0.629. The number of thiocarbonyl (C=S) groups is 1. The van der Waals surface area contributed by atoms with Gasteiger partial charge in [-0.3, -0.25) is 0 Å². The number of hydrogen-bond acceptors (Lipinski definition) is 3. The van der Waals surface area contributed by atoms with E-state index < -0.39 is 5.60 Å². The number of nitrogens with two attached hydrogens (primary N) is 1. The summed E-state index contributed by atoms with van der Waals surface area (Å²) in [7, 11) is 0. The summed E-state index contributed by atoms with van der Waals surface area (Å²) in [6.45, 7) is 3.28. The van der Waals surface area contributed by atoms with Crippen LogP contribution in [0.3, 0.4) is 0 Å². The second kappa shape index (κ2) is 4.55. The monoisotopic (exact) mass is 314 g/mol. The number of aliphatic hydroxyl groups is 1. The Morgan fingerprint density at radius 2 is 2.29 bits per heavy atom. The van der Waals surface area contributed by atoms with Crippen molar-refractivity contribution in [2.45, 2.75) is 18.9 Å². The molecule has 92 valence electrons. The minimum Gasteiger partial charge on any atom is -0.389 e. The molecule has 0 saturated carbocycles. The van der Waals surface area contributed by atoms with Crippen LogP contribution in [-0.4, -0.2) is 28.8 Å². The van der Waals surface area contributed by atoms with E-state index in [-0.39, 0.29) is 0 Å². The highest BCUT2D eigenvalue weighted by atomic mass is 79.9. The lowest BCUT2D eigenvalue weighted by Gasteiger charge is -2.23. The summed E-state index contributed by atoms with van der Waals surface area (Å²) in [5.41, 5.74) is 6.95. The van der Waals surface area contributed by atoms with E-state index in [1.165, 1.54) is 0 Å². The van der Waals surface area contributed by atoms with Gasteiger partial charge in [-0.05, 0) is 31.5 Å². The lowest BCUT2D eigenvalue weighted by atomic mass is 10.1. The zero-order valence-electron chi connectivity index (χ0n) is 9.61. The number of benzene rings is 1. The Bertz CT molecular complexity index is 462. The van der Waals surface area contributed by atoms with Crippen LogP contribution < -0.4 is 10.6 Å². The third kappa shape index (κ3) is 2.78. The number of rotatable bonds is 2. The fraction of sp³-hybridized carbons (Fsp3) is 0.417. The van der Waals surface area contributed by atoms with Crippen molar-refractivity contribution in [3.8, 4) is 0 Å². The molecule has 3 nitrogen and oxygen atoms in total. The van der Waals surface area contributed by atoms with Crippen molar-refractivity contribution in [1.82, 2.24) is 0 Å². The zero-order valence-corrected chi connectivity index (χ0v) is 12.0. The van der Waals surface area contributed by atoms with Gasteiger partial charge in [0.1, 0.15) is 4.99 Å². The molecule has 0 aromatic heterocycles. The van der Waals surface area contributed by atoms with Crippen molar-refractivity contribution >= 4 is 38.8 Å². The van der Waals surface area contributed by atoms with Gasteiger partial charge in [-0.15, -0.1) is 0 Å². The molecule has 1 atom stereocenters.